The molecule has 0 bridgehead atoms. The lowest BCUT2D eigenvalue weighted by Gasteiger charge is -2.13. The van der Waals surface area contributed by atoms with Gasteiger partial charge in [-0.2, -0.15) is 0 Å². The first kappa shape index (κ1) is 23.4. The number of anilines is 1. The number of halogens is 1. The van der Waals surface area contributed by atoms with Gasteiger partial charge in [-0.3, -0.25) is 9.79 Å². The van der Waals surface area contributed by atoms with Gasteiger partial charge in [-0.15, -0.1) is 0 Å². The summed E-state index contributed by atoms with van der Waals surface area (Å²) < 4.78 is 11.4. The molecule has 1 N–H and O–H groups in total. The SMILES string of the molecule is CCOc1cc(C=Nc2cccc(C)c2C)ccc1OCC(=O)Nc1ccc(C)c(Cl)c1. The van der Waals surface area contributed by atoms with Crippen molar-refractivity contribution in [3.8, 4) is 11.5 Å². The van der Waals surface area contributed by atoms with Crippen LogP contribution < -0.4 is 14.8 Å². The molecule has 0 saturated heterocycles. The van der Waals surface area contributed by atoms with Crippen molar-refractivity contribution in [1.29, 1.82) is 0 Å². The Morgan fingerprint density at radius 1 is 1.00 bits per heavy atom. The number of hydrogen-bond donors (Lipinski definition) is 1. The Labute approximate surface area is 194 Å². The molecule has 1 amide bonds. The van der Waals surface area contributed by atoms with Crippen molar-refractivity contribution in [1.82, 2.24) is 0 Å². The molecular weight excluding hydrogens is 424 g/mol. The van der Waals surface area contributed by atoms with Crippen molar-refractivity contribution in [2.45, 2.75) is 27.7 Å². The van der Waals surface area contributed by atoms with Gasteiger partial charge in [0.15, 0.2) is 18.1 Å². The van der Waals surface area contributed by atoms with Gasteiger partial charge in [-0.1, -0.05) is 29.8 Å². The van der Waals surface area contributed by atoms with Crippen LogP contribution in [0.2, 0.25) is 5.02 Å². The van der Waals surface area contributed by atoms with Crippen molar-refractivity contribution in [3.05, 3.63) is 81.9 Å². The quantitative estimate of drug-likeness (QED) is 0.402. The summed E-state index contributed by atoms with van der Waals surface area (Å²) in [6.45, 7) is 8.25. The molecule has 166 valence electrons. The van der Waals surface area contributed by atoms with E-state index in [0.717, 1.165) is 22.4 Å². The fraction of sp³-hybridized carbons (Fsp3) is 0.231. The van der Waals surface area contributed by atoms with Gasteiger partial charge in [0, 0.05) is 16.9 Å². The maximum Gasteiger partial charge on any atom is 0.262 e. The number of aliphatic imine (C=N–C) groups is 1. The topological polar surface area (TPSA) is 59.9 Å². The number of hydrogen-bond acceptors (Lipinski definition) is 4. The fourth-order valence-corrected chi connectivity index (χ4v) is 3.20. The number of ether oxygens (including phenoxy) is 2. The zero-order chi connectivity index (χ0) is 23.1. The number of carbonyl (C=O) groups excluding carboxylic acids is 1. The van der Waals surface area contributed by atoms with Gasteiger partial charge >= 0.3 is 0 Å². The van der Waals surface area contributed by atoms with Crippen LogP contribution in [0.3, 0.4) is 0 Å². The third-order valence-electron chi connectivity index (χ3n) is 5.01. The lowest BCUT2D eigenvalue weighted by molar-refractivity contribution is -0.118. The second kappa shape index (κ2) is 10.8. The molecular formula is C26H27ClN2O3. The summed E-state index contributed by atoms with van der Waals surface area (Å²) in [5.74, 6) is 0.768. The Hall–Kier alpha value is -3.31. The molecule has 3 aromatic rings. The highest BCUT2D eigenvalue weighted by Crippen LogP contribution is 2.29. The van der Waals surface area contributed by atoms with Gasteiger partial charge in [-0.05, 0) is 86.3 Å². The Balaban J connectivity index is 1.68. The van der Waals surface area contributed by atoms with Crippen LogP contribution in [0.5, 0.6) is 11.5 Å². The molecule has 0 aliphatic heterocycles. The van der Waals surface area contributed by atoms with Gasteiger partial charge in [0.1, 0.15) is 0 Å². The monoisotopic (exact) mass is 450 g/mol. The summed E-state index contributed by atoms with van der Waals surface area (Å²) in [6, 6.07) is 16.9. The van der Waals surface area contributed by atoms with E-state index in [9.17, 15) is 4.79 Å². The van der Waals surface area contributed by atoms with E-state index in [1.165, 1.54) is 5.56 Å². The summed E-state index contributed by atoms with van der Waals surface area (Å²) in [7, 11) is 0. The predicted octanol–water partition coefficient (Wildman–Crippen LogP) is 6.43. The largest absolute Gasteiger partial charge is 0.490 e. The predicted molar refractivity (Wildman–Crippen MR) is 131 cm³/mol. The number of amides is 1. The van der Waals surface area contributed by atoms with Crippen LogP contribution in [0.25, 0.3) is 0 Å². The van der Waals surface area contributed by atoms with Crippen LogP contribution in [-0.2, 0) is 4.79 Å². The zero-order valence-corrected chi connectivity index (χ0v) is 19.5. The second-order valence-corrected chi connectivity index (χ2v) is 7.82. The van der Waals surface area contributed by atoms with Crippen molar-refractivity contribution in [2.24, 2.45) is 4.99 Å². The Morgan fingerprint density at radius 2 is 1.81 bits per heavy atom. The van der Waals surface area contributed by atoms with Gasteiger partial charge < -0.3 is 14.8 Å². The molecule has 0 atom stereocenters. The van der Waals surface area contributed by atoms with Crippen LogP contribution in [0.15, 0.2) is 59.6 Å². The standard InChI is InChI=1S/C26H27ClN2O3/c1-5-31-25-13-20(15-28-23-8-6-7-17(2)19(23)4)10-12-24(25)32-16-26(30)29-21-11-9-18(3)22(27)14-21/h6-15H,5,16H2,1-4H3,(H,29,30). The van der Waals surface area contributed by atoms with Crippen molar-refractivity contribution in [3.63, 3.8) is 0 Å². The molecule has 5 nitrogen and oxygen atoms in total. The van der Waals surface area contributed by atoms with E-state index in [4.69, 9.17) is 21.1 Å². The Bertz CT molecular complexity index is 1140. The van der Waals surface area contributed by atoms with E-state index >= 15 is 0 Å². The molecule has 3 aromatic carbocycles. The molecule has 3 rings (SSSR count). The first-order valence-electron chi connectivity index (χ1n) is 10.4. The van der Waals surface area contributed by atoms with E-state index in [2.05, 4.69) is 30.2 Å². The van der Waals surface area contributed by atoms with Gasteiger partial charge in [-0.25, -0.2) is 0 Å². The number of benzene rings is 3. The molecule has 0 radical (unpaired) electrons. The van der Waals surface area contributed by atoms with E-state index < -0.39 is 0 Å². The van der Waals surface area contributed by atoms with Crippen molar-refractivity contribution >= 4 is 35.1 Å². The maximum absolute atomic E-state index is 12.3. The minimum absolute atomic E-state index is 0.151. The number of nitrogens with zero attached hydrogens (tertiary/aromatic N) is 1. The molecule has 32 heavy (non-hydrogen) atoms. The lowest BCUT2D eigenvalue weighted by atomic mass is 10.1. The minimum atomic E-state index is -0.284. The molecule has 0 aromatic heterocycles. The Morgan fingerprint density at radius 3 is 2.56 bits per heavy atom. The molecule has 6 heteroatoms. The molecule has 0 spiro atoms. The first-order valence-corrected chi connectivity index (χ1v) is 10.8. The average molecular weight is 451 g/mol. The third-order valence-corrected chi connectivity index (χ3v) is 5.42. The Kier molecular flexibility index (Phi) is 7.90. The van der Waals surface area contributed by atoms with Crippen molar-refractivity contribution < 1.29 is 14.3 Å². The van der Waals surface area contributed by atoms with Crippen molar-refractivity contribution in [2.75, 3.05) is 18.5 Å². The number of aryl methyl sites for hydroxylation is 2. The molecule has 0 fully saturated rings. The summed E-state index contributed by atoms with van der Waals surface area (Å²) >= 11 is 6.11. The fourth-order valence-electron chi connectivity index (χ4n) is 3.02. The number of carbonyl (C=O) groups is 1. The smallest absolute Gasteiger partial charge is 0.262 e. The van der Waals surface area contributed by atoms with Crippen LogP contribution in [0.1, 0.15) is 29.2 Å². The molecule has 0 unspecified atom stereocenters. The summed E-state index contributed by atoms with van der Waals surface area (Å²) in [5, 5.41) is 3.38. The summed E-state index contributed by atoms with van der Waals surface area (Å²) in [6.07, 6.45) is 1.79. The number of rotatable bonds is 8. The van der Waals surface area contributed by atoms with Crippen LogP contribution in [0.4, 0.5) is 11.4 Å². The van der Waals surface area contributed by atoms with Gasteiger partial charge in [0.25, 0.3) is 5.91 Å². The van der Waals surface area contributed by atoms with Gasteiger partial charge in [0.05, 0.1) is 12.3 Å². The van der Waals surface area contributed by atoms with Crippen LogP contribution in [0, 0.1) is 20.8 Å². The lowest BCUT2D eigenvalue weighted by Crippen LogP contribution is -2.20. The van der Waals surface area contributed by atoms with E-state index in [-0.39, 0.29) is 12.5 Å². The van der Waals surface area contributed by atoms with Crippen LogP contribution in [-0.4, -0.2) is 25.3 Å². The van der Waals surface area contributed by atoms with Crippen LogP contribution >= 0.6 is 11.6 Å². The third kappa shape index (κ3) is 6.11. The molecule has 0 saturated carbocycles. The summed E-state index contributed by atoms with van der Waals surface area (Å²) in [5.41, 5.74) is 5.72. The molecule has 0 heterocycles. The maximum atomic E-state index is 12.3. The van der Waals surface area contributed by atoms with E-state index in [1.807, 2.05) is 44.2 Å². The first-order chi connectivity index (χ1) is 15.4. The van der Waals surface area contributed by atoms with Gasteiger partial charge in [0.2, 0.25) is 0 Å². The molecule has 0 aliphatic rings. The highest BCUT2D eigenvalue weighted by Gasteiger charge is 2.10. The molecule has 0 aliphatic carbocycles. The number of nitrogens with one attached hydrogen (secondary N) is 1. The average Bonchev–Trinajstić information content (AvgIpc) is 2.77. The van der Waals surface area contributed by atoms with E-state index in [1.54, 1.807) is 24.4 Å². The highest BCUT2D eigenvalue weighted by molar-refractivity contribution is 6.31. The second-order valence-electron chi connectivity index (χ2n) is 7.42. The summed E-state index contributed by atoms with van der Waals surface area (Å²) in [4.78, 5) is 16.9. The van der Waals surface area contributed by atoms with E-state index in [0.29, 0.717) is 28.8 Å². The highest BCUT2D eigenvalue weighted by atomic mass is 35.5. The minimum Gasteiger partial charge on any atom is -0.490 e. The zero-order valence-electron chi connectivity index (χ0n) is 18.7. The normalized spacial score (nSPS) is 10.9.